The van der Waals surface area contributed by atoms with Crippen LogP contribution in [-0.2, 0) is 10.9 Å². The number of hydrogen-bond donors (Lipinski definition) is 0. The number of nitrogens with zero attached hydrogens (tertiary/aromatic N) is 1. The molecule has 112 valence electrons. The maximum Gasteiger partial charge on any atom is 0.417 e. The Morgan fingerprint density at radius 2 is 2.14 bits per heavy atom. The van der Waals surface area contributed by atoms with Gasteiger partial charge in [0.25, 0.3) is 0 Å². The summed E-state index contributed by atoms with van der Waals surface area (Å²) in [6.07, 6.45) is -4.65. The van der Waals surface area contributed by atoms with E-state index >= 15 is 0 Å². The maximum absolute atomic E-state index is 13.2. The van der Waals surface area contributed by atoms with Crippen molar-refractivity contribution < 1.29 is 22.7 Å². The number of aryl methyl sites for hydroxylation is 1. The molecule has 0 aliphatic rings. The molecule has 0 amide bonds. The topological polar surface area (TPSA) is 39.2 Å². The summed E-state index contributed by atoms with van der Waals surface area (Å²) in [4.78, 5) is 16.5. The van der Waals surface area contributed by atoms with Crippen molar-refractivity contribution in [1.82, 2.24) is 4.98 Å². The van der Waals surface area contributed by atoms with Crippen molar-refractivity contribution in [3.8, 4) is 10.6 Å². The number of alkyl halides is 3. The minimum Gasteiger partial charge on any atom is -0.462 e. The van der Waals surface area contributed by atoms with E-state index < -0.39 is 23.3 Å². The molecule has 0 aliphatic heterocycles. The summed E-state index contributed by atoms with van der Waals surface area (Å²) >= 11 is 1.28. The average molecular weight is 315 g/mol. The summed E-state index contributed by atoms with van der Waals surface area (Å²) in [6, 6.07) is 4.30. The minimum absolute atomic E-state index is 0.00223. The summed E-state index contributed by atoms with van der Waals surface area (Å²) in [5, 5.41) is 1.75. The molecule has 0 saturated heterocycles. The van der Waals surface area contributed by atoms with Gasteiger partial charge in [0.05, 0.1) is 34.0 Å². The van der Waals surface area contributed by atoms with Gasteiger partial charge in [-0.2, -0.15) is 13.2 Å². The monoisotopic (exact) mass is 315 g/mol. The first-order chi connectivity index (χ1) is 9.84. The van der Waals surface area contributed by atoms with Crippen LogP contribution in [0.3, 0.4) is 0 Å². The van der Waals surface area contributed by atoms with E-state index in [0.29, 0.717) is 4.88 Å². The fourth-order valence-corrected chi connectivity index (χ4v) is 2.59. The van der Waals surface area contributed by atoms with Gasteiger partial charge in [0, 0.05) is 0 Å². The average Bonchev–Trinajstić information content (AvgIpc) is 2.90. The third kappa shape index (κ3) is 3.24. The van der Waals surface area contributed by atoms with Gasteiger partial charge in [-0.3, -0.25) is 4.98 Å². The Hall–Kier alpha value is -1.89. The van der Waals surface area contributed by atoms with Crippen LogP contribution in [0.15, 0.2) is 23.6 Å². The molecule has 0 N–H and O–H groups in total. The van der Waals surface area contributed by atoms with Crippen molar-refractivity contribution in [2.45, 2.75) is 20.0 Å². The van der Waals surface area contributed by atoms with Crippen LogP contribution in [0, 0.1) is 6.92 Å². The van der Waals surface area contributed by atoms with Gasteiger partial charge in [0.2, 0.25) is 0 Å². The number of thiophene rings is 1. The number of esters is 1. The predicted octanol–water partition coefficient (Wildman–Crippen LogP) is 4.31. The van der Waals surface area contributed by atoms with Gasteiger partial charge >= 0.3 is 12.1 Å². The molecule has 0 spiro atoms. The summed E-state index contributed by atoms with van der Waals surface area (Å²) in [5.74, 6) is -1.01. The van der Waals surface area contributed by atoms with Crippen molar-refractivity contribution in [3.63, 3.8) is 0 Å². The van der Waals surface area contributed by atoms with Gasteiger partial charge in [-0.05, 0) is 31.4 Å². The highest BCUT2D eigenvalue weighted by molar-refractivity contribution is 7.13. The van der Waals surface area contributed by atoms with E-state index in [0.717, 1.165) is 6.07 Å². The minimum atomic E-state index is -4.65. The molecular weight excluding hydrogens is 303 g/mol. The fraction of sp³-hybridized carbons (Fsp3) is 0.286. The summed E-state index contributed by atoms with van der Waals surface area (Å²) in [7, 11) is 0. The number of carbonyl (C=O) groups excluding carboxylic acids is 1. The highest BCUT2D eigenvalue weighted by atomic mass is 32.1. The van der Waals surface area contributed by atoms with Crippen LogP contribution in [0.25, 0.3) is 10.6 Å². The standard InChI is InChI=1S/C14H12F3NO2S/c1-3-20-13(19)12-8(2)18-10(11-5-4-6-21-11)7-9(12)14(15,16)17/h4-7H,3H2,1-2H3. The van der Waals surface area contributed by atoms with Crippen LogP contribution in [0.2, 0.25) is 0 Å². The van der Waals surface area contributed by atoms with Crippen LogP contribution < -0.4 is 0 Å². The molecule has 21 heavy (non-hydrogen) atoms. The molecule has 2 rings (SSSR count). The van der Waals surface area contributed by atoms with Crippen LogP contribution in [-0.4, -0.2) is 17.6 Å². The van der Waals surface area contributed by atoms with E-state index in [1.165, 1.54) is 25.2 Å². The van der Waals surface area contributed by atoms with Gasteiger partial charge < -0.3 is 4.74 Å². The van der Waals surface area contributed by atoms with Gasteiger partial charge in [0.1, 0.15) is 0 Å². The maximum atomic E-state index is 13.2. The zero-order chi connectivity index (χ0) is 15.6. The van der Waals surface area contributed by atoms with Gasteiger partial charge in [0.15, 0.2) is 0 Å². The quantitative estimate of drug-likeness (QED) is 0.792. The lowest BCUT2D eigenvalue weighted by Gasteiger charge is -2.15. The number of hydrogen-bond acceptors (Lipinski definition) is 4. The Labute approximate surface area is 123 Å². The fourth-order valence-electron chi connectivity index (χ4n) is 1.91. The van der Waals surface area contributed by atoms with Crippen LogP contribution >= 0.6 is 11.3 Å². The number of pyridine rings is 1. The van der Waals surface area contributed by atoms with E-state index in [-0.39, 0.29) is 18.0 Å². The molecule has 2 aromatic heterocycles. The lowest BCUT2D eigenvalue weighted by atomic mass is 10.0. The van der Waals surface area contributed by atoms with Crippen LogP contribution in [0.1, 0.15) is 28.5 Å². The highest BCUT2D eigenvalue weighted by Gasteiger charge is 2.37. The first kappa shape index (κ1) is 15.5. The number of carbonyl (C=O) groups is 1. The second-order valence-corrected chi connectivity index (χ2v) is 5.16. The van der Waals surface area contributed by atoms with E-state index in [1.807, 2.05) is 0 Å². The number of aromatic nitrogens is 1. The first-order valence-electron chi connectivity index (χ1n) is 6.14. The third-order valence-electron chi connectivity index (χ3n) is 2.76. The molecule has 3 nitrogen and oxygen atoms in total. The lowest BCUT2D eigenvalue weighted by Crippen LogP contribution is -2.18. The molecule has 0 radical (unpaired) electrons. The Balaban J connectivity index is 2.63. The van der Waals surface area contributed by atoms with Gasteiger partial charge in [-0.25, -0.2) is 4.79 Å². The van der Waals surface area contributed by atoms with E-state index in [4.69, 9.17) is 4.74 Å². The molecule has 0 saturated carbocycles. The predicted molar refractivity (Wildman–Crippen MR) is 73.2 cm³/mol. The van der Waals surface area contributed by atoms with Crippen LogP contribution in [0.5, 0.6) is 0 Å². The molecule has 2 heterocycles. The Morgan fingerprint density at radius 1 is 1.43 bits per heavy atom. The second kappa shape index (κ2) is 5.85. The third-order valence-corrected chi connectivity index (χ3v) is 3.65. The zero-order valence-electron chi connectivity index (χ0n) is 11.3. The van der Waals surface area contributed by atoms with Crippen molar-refractivity contribution in [2.75, 3.05) is 6.61 Å². The molecule has 0 atom stereocenters. The molecule has 7 heteroatoms. The highest BCUT2D eigenvalue weighted by Crippen LogP contribution is 2.36. The molecule has 0 aromatic carbocycles. The first-order valence-corrected chi connectivity index (χ1v) is 7.02. The lowest BCUT2D eigenvalue weighted by molar-refractivity contribution is -0.138. The van der Waals surface area contributed by atoms with E-state index in [9.17, 15) is 18.0 Å². The number of ether oxygens (including phenoxy) is 1. The molecule has 2 aromatic rings. The smallest absolute Gasteiger partial charge is 0.417 e. The van der Waals surface area contributed by atoms with Gasteiger partial charge in [-0.1, -0.05) is 6.07 Å². The van der Waals surface area contributed by atoms with Crippen molar-refractivity contribution in [1.29, 1.82) is 0 Å². The van der Waals surface area contributed by atoms with Crippen molar-refractivity contribution in [2.24, 2.45) is 0 Å². The molecule has 0 bridgehead atoms. The van der Waals surface area contributed by atoms with E-state index in [2.05, 4.69) is 4.98 Å². The van der Waals surface area contributed by atoms with E-state index in [1.54, 1.807) is 17.5 Å². The van der Waals surface area contributed by atoms with Crippen molar-refractivity contribution >= 4 is 17.3 Å². The summed E-state index contributed by atoms with van der Waals surface area (Å²) < 4.78 is 44.4. The van der Waals surface area contributed by atoms with Crippen LogP contribution in [0.4, 0.5) is 13.2 Å². The summed E-state index contributed by atoms with van der Waals surface area (Å²) in [5.41, 5.74) is -1.34. The van der Waals surface area contributed by atoms with Crippen molar-refractivity contribution in [3.05, 3.63) is 40.4 Å². The zero-order valence-corrected chi connectivity index (χ0v) is 12.1. The second-order valence-electron chi connectivity index (χ2n) is 4.21. The SMILES string of the molecule is CCOC(=O)c1c(C(F)(F)F)cc(-c2cccs2)nc1C. The largest absolute Gasteiger partial charge is 0.462 e. The number of rotatable bonds is 3. The normalized spacial score (nSPS) is 11.5. The number of halogens is 3. The Bertz CT molecular complexity index is 651. The molecule has 0 aliphatic carbocycles. The Kier molecular flexibility index (Phi) is 4.32. The molecule has 0 fully saturated rings. The van der Waals surface area contributed by atoms with Gasteiger partial charge in [-0.15, -0.1) is 11.3 Å². The molecular formula is C14H12F3NO2S. The Morgan fingerprint density at radius 3 is 2.67 bits per heavy atom. The summed E-state index contributed by atoms with van der Waals surface area (Å²) in [6.45, 7) is 2.91. The molecule has 0 unspecified atom stereocenters.